The maximum atomic E-state index is 9.29. The normalized spacial score (nSPS) is 11.1. The first-order valence-electron chi connectivity index (χ1n) is 7.02. The smallest absolute Gasteiger partial charge is 0.0488 e. The van der Waals surface area contributed by atoms with Crippen molar-refractivity contribution in [3.05, 3.63) is 71.4 Å². The highest BCUT2D eigenvalue weighted by atomic mass is 16.2. The maximum Gasteiger partial charge on any atom is 0.0488 e. The molecule has 0 amide bonds. The summed E-state index contributed by atoms with van der Waals surface area (Å²) in [5.41, 5.74) is 5.06. The predicted octanol–water partition coefficient (Wildman–Crippen LogP) is 3.53. The summed E-state index contributed by atoms with van der Waals surface area (Å²) in [5.74, 6) is 0. The molecule has 2 aromatic carbocycles. The Morgan fingerprint density at radius 2 is 1.65 bits per heavy atom. The van der Waals surface area contributed by atoms with Crippen LogP contribution in [-0.2, 0) is 13.0 Å². The van der Waals surface area contributed by atoms with Crippen molar-refractivity contribution < 1.29 is 5.11 Å². The van der Waals surface area contributed by atoms with Gasteiger partial charge < -0.3 is 9.67 Å². The molecule has 102 valence electrons. The zero-order valence-corrected chi connectivity index (χ0v) is 11.7. The van der Waals surface area contributed by atoms with Crippen LogP contribution in [0.25, 0.3) is 10.9 Å². The van der Waals surface area contributed by atoms with Gasteiger partial charge in [0.1, 0.15) is 0 Å². The molecule has 0 aliphatic carbocycles. The number of hydrogen-bond donors (Lipinski definition) is 1. The first-order valence-corrected chi connectivity index (χ1v) is 7.02. The van der Waals surface area contributed by atoms with E-state index in [0.717, 1.165) is 6.54 Å². The van der Waals surface area contributed by atoms with Gasteiger partial charge in [-0.2, -0.15) is 0 Å². The van der Waals surface area contributed by atoms with Gasteiger partial charge in [0.2, 0.25) is 0 Å². The topological polar surface area (TPSA) is 25.2 Å². The van der Waals surface area contributed by atoms with Gasteiger partial charge in [-0.1, -0.05) is 48.5 Å². The number of para-hydroxylation sites is 1. The third-order valence-corrected chi connectivity index (χ3v) is 3.91. The summed E-state index contributed by atoms with van der Waals surface area (Å²) in [6.07, 6.45) is 0.716. The van der Waals surface area contributed by atoms with Crippen LogP contribution < -0.4 is 0 Å². The highest BCUT2D eigenvalue weighted by Gasteiger charge is 2.13. The fraction of sp³-hybridized carbons (Fsp3) is 0.222. The Morgan fingerprint density at radius 1 is 0.950 bits per heavy atom. The molecular formula is C18H19NO. The molecule has 0 saturated heterocycles. The van der Waals surface area contributed by atoms with E-state index >= 15 is 0 Å². The van der Waals surface area contributed by atoms with E-state index in [1.54, 1.807) is 0 Å². The van der Waals surface area contributed by atoms with Gasteiger partial charge in [-0.15, -0.1) is 0 Å². The molecule has 0 aliphatic rings. The van der Waals surface area contributed by atoms with Gasteiger partial charge in [0.05, 0.1) is 0 Å². The number of benzene rings is 2. The summed E-state index contributed by atoms with van der Waals surface area (Å²) in [4.78, 5) is 0. The quantitative estimate of drug-likeness (QED) is 0.767. The number of aromatic nitrogens is 1. The molecule has 0 bridgehead atoms. The zero-order valence-electron chi connectivity index (χ0n) is 11.7. The number of fused-ring (bicyclic) bond motifs is 1. The number of aliphatic hydroxyl groups excluding tert-OH is 1. The average Bonchev–Trinajstić information content (AvgIpc) is 2.75. The largest absolute Gasteiger partial charge is 0.396 e. The molecule has 2 heteroatoms. The van der Waals surface area contributed by atoms with E-state index in [2.05, 4.69) is 60.0 Å². The van der Waals surface area contributed by atoms with Crippen molar-refractivity contribution in [3.63, 3.8) is 0 Å². The minimum Gasteiger partial charge on any atom is -0.396 e. The highest BCUT2D eigenvalue weighted by Crippen LogP contribution is 2.27. The highest BCUT2D eigenvalue weighted by molar-refractivity contribution is 5.85. The molecular weight excluding hydrogens is 246 g/mol. The van der Waals surface area contributed by atoms with Gasteiger partial charge in [0, 0.05) is 29.7 Å². The Morgan fingerprint density at radius 3 is 2.40 bits per heavy atom. The van der Waals surface area contributed by atoms with Crippen LogP contribution in [0, 0.1) is 6.92 Å². The van der Waals surface area contributed by atoms with Crippen LogP contribution in [0.5, 0.6) is 0 Å². The first kappa shape index (κ1) is 12.9. The number of hydrogen-bond acceptors (Lipinski definition) is 1. The average molecular weight is 265 g/mol. The molecule has 0 aliphatic heterocycles. The second-order valence-corrected chi connectivity index (χ2v) is 5.13. The van der Waals surface area contributed by atoms with Crippen LogP contribution in [0.15, 0.2) is 54.6 Å². The summed E-state index contributed by atoms with van der Waals surface area (Å²) in [6, 6.07) is 18.9. The molecule has 1 heterocycles. The Bertz CT molecular complexity index is 713. The van der Waals surface area contributed by atoms with E-state index in [0.29, 0.717) is 6.42 Å². The van der Waals surface area contributed by atoms with Crippen LogP contribution in [0.2, 0.25) is 0 Å². The van der Waals surface area contributed by atoms with Crippen molar-refractivity contribution >= 4 is 10.9 Å². The van der Waals surface area contributed by atoms with Crippen molar-refractivity contribution in [2.24, 2.45) is 0 Å². The van der Waals surface area contributed by atoms with Gasteiger partial charge in [-0.25, -0.2) is 0 Å². The number of aliphatic hydroxyl groups is 1. The van der Waals surface area contributed by atoms with Gasteiger partial charge >= 0.3 is 0 Å². The lowest BCUT2D eigenvalue weighted by molar-refractivity contribution is 0.299. The molecule has 0 unspecified atom stereocenters. The van der Waals surface area contributed by atoms with Crippen LogP contribution in [0.3, 0.4) is 0 Å². The Kier molecular flexibility index (Phi) is 3.57. The summed E-state index contributed by atoms with van der Waals surface area (Å²) in [7, 11) is 0. The Balaban J connectivity index is 2.12. The van der Waals surface area contributed by atoms with E-state index in [1.807, 2.05) is 6.07 Å². The van der Waals surface area contributed by atoms with Crippen molar-refractivity contribution in [2.75, 3.05) is 6.61 Å². The standard InChI is InChI=1S/C18H19NO/c1-14-16(11-12-20)17-9-5-6-10-18(17)19(14)13-15-7-3-2-4-8-15/h2-10,20H,11-13H2,1H3. The summed E-state index contributed by atoms with van der Waals surface area (Å²) >= 11 is 0. The second kappa shape index (κ2) is 5.51. The minimum absolute atomic E-state index is 0.195. The molecule has 20 heavy (non-hydrogen) atoms. The van der Waals surface area contributed by atoms with E-state index < -0.39 is 0 Å². The first-order chi connectivity index (χ1) is 9.81. The molecule has 1 aromatic heterocycles. The molecule has 2 nitrogen and oxygen atoms in total. The van der Waals surface area contributed by atoms with E-state index in [4.69, 9.17) is 0 Å². The SMILES string of the molecule is Cc1c(CCO)c2ccccc2n1Cc1ccccc1. The van der Waals surface area contributed by atoms with Crippen molar-refractivity contribution in [3.8, 4) is 0 Å². The fourth-order valence-corrected chi connectivity index (χ4v) is 2.90. The maximum absolute atomic E-state index is 9.29. The molecule has 3 rings (SSSR count). The predicted molar refractivity (Wildman–Crippen MR) is 83.0 cm³/mol. The van der Waals surface area contributed by atoms with Gasteiger partial charge in [-0.05, 0) is 30.5 Å². The molecule has 0 atom stereocenters. The number of rotatable bonds is 4. The van der Waals surface area contributed by atoms with Gasteiger partial charge in [0.15, 0.2) is 0 Å². The number of nitrogens with zero attached hydrogens (tertiary/aromatic N) is 1. The minimum atomic E-state index is 0.195. The summed E-state index contributed by atoms with van der Waals surface area (Å²) in [6.45, 7) is 3.22. The van der Waals surface area contributed by atoms with Crippen molar-refractivity contribution in [1.82, 2.24) is 4.57 Å². The molecule has 3 aromatic rings. The monoisotopic (exact) mass is 265 g/mol. The summed E-state index contributed by atoms with van der Waals surface area (Å²) in [5, 5.41) is 10.6. The molecule has 1 N–H and O–H groups in total. The van der Waals surface area contributed by atoms with E-state index in [-0.39, 0.29) is 6.61 Å². The van der Waals surface area contributed by atoms with Crippen molar-refractivity contribution in [2.45, 2.75) is 19.9 Å². The fourth-order valence-electron chi connectivity index (χ4n) is 2.90. The molecule has 0 radical (unpaired) electrons. The zero-order chi connectivity index (χ0) is 13.9. The second-order valence-electron chi connectivity index (χ2n) is 5.13. The lowest BCUT2D eigenvalue weighted by Crippen LogP contribution is -2.02. The van der Waals surface area contributed by atoms with Crippen LogP contribution in [-0.4, -0.2) is 16.3 Å². The Labute approximate surface area is 119 Å². The van der Waals surface area contributed by atoms with Crippen LogP contribution >= 0.6 is 0 Å². The lowest BCUT2D eigenvalue weighted by Gasteiger charge is -2.09. The van der Waals surface area contributed by atoms with Gasteiger partial charge in [-0.3, -0.25) is 0 Å². The molecule has 0 saturated carbocycles. The van der Waals surface area contributed by atoms with E-state index in [9.17, 15) is 5.11 Å². The van der Waals surface area contributed by atoms with Crippen molar-refractivity contribution in [1.29, 1.82) is 0 Å². The van der Waals surface area contributed by atoms with Crippen LogP contribution in [0.4, 0.5) is 0 Å². The third kappa shape index (κ3) is 2.23. The molecule has 0 fully saturated rings. The lowest BCUT2D eigenvalue weighted by atomic mass is 10.1. The van der Waals surface area contributed by atoms with Crippen LogP contribution in [0.1, 0.15) is 16.8 Å². The van der Waals surface area contributed by atoms with E-state index in [1.165, 1.54) is 27.7 Å². The van der Waals surface area contributed by atoms with Gasteiger partial charge in [0.25, 0.3) is 0 Å². The summed E-state index contributed by atoms with van der Waals surface area (Å²) < 4.78 is 2.34. The Hall–Kier alpha value is -2.06. The molecule has 0 spiro atoms. The third-order valence-electron chi connectivity index (χ3n) is 3.91.